The van der Waals surface area contributed by atoms with Gasteiger partial charge in [-0.05, 0) is 71.3 Å². The number of amides is 1. The smallest absolute Gasteiger partial charge is 0.252 e. The summed E-state index contributed by atoms with van der Waals surface area (Å²) in [6.07, 6.45) is 4.46. The molecule has 0 saturated carbocycles. The Kier molecular flexibility index (Phi) is 5.92. The normalized spacial score (nSPS) is 23.2. The number of nitrogens with zero attached hydrogens (tertiary/aromatic N) is 1. The van der Waals surface area contributed by atoms with Crippen molar-refractivity contribution >= 4 is 43.2 Å². The van der Waals surface area contributed by atoms with E-state index in [-0.39, 0.29) is 24.4 Å². The molecule has 1 N–H and O–H groups in total. The Labute approximate surface area is 178 Å². The van der Waals surface area contributed by atoms with Gasteiger partial charge in [0.15, 0.2) is 0 Å². The van der Waals surface area contributed by atoms with Gasteiger partial charge in [-0.1, -0.05) is 24.3 Å². The van der Waals surface area contributed by atoms with Crippen molar-refractivity contribution in [2.24, 2.45) is 5.92 Å². The zero-order chi connectivity index (χ0) is 19.7. The molecule has 150 valence electrons. The molecule has 0 radical (unpaired) electrons. The molecule has 2 aromatic rings. The van der Waals surface area contributed by atoms with E-state index >= 15 is 0 Å². The van der Waals surface area contributed by atoms with E-state index in [0.717, 1.165) is 29.5 Å². The summed E-state index contributed by atoms with van der Waals surface area (Å²) in [4.78, 5) is 13.0. The van der Waals surface area contributed by atoms with E-state index in [2.05, 4.69) is 33.4 Å². The Hall–Kier alpha value is -1.22. The molecule has 2 atom stereocenters. The summed E-state index contributed by atoms with van der Waals surface area (Å²) in [5.41, 5.74) is 2.50. The molecule has 0 bridgehead atoms. The van der Waals surface area contributed by atoms with Gasteiger partial charge in [-0.15, -0.1) is 11.3 Å². The summed E-state index contributed by atoms with van der Waals surface area (Å²) in [5.74, 6) is -0.338. The number of halogens is 1. The number of carbonyl (C=O) groups excluding carboxylic acids is 1. The number of nitrogens with one attached hydrogen (secondary N) is 1. The van der Waals surface area contributed by atoms with E-state index < -0.39 is 10.0 Å². The first-order chi connectivity index (χ1) is 13.4. The molecular formula is C20H23BrN2O3S2. The standard InChI is InChI=1S/C20H23BrN2O3S2/c21-18-10-11-19(27-18)28(25,26)23-12-4-7-15(13-23)20(24)22-17-9-3-6-14-5-1-2-8-16(14)17/h1-2,5,8,10-11,15,17H,3-4,6-7,9,12-13H2,(H,22,24). The van der Waals surface area contributed by atoms with Crippen LogP contribution in [0.5, 0.6) is 0 Å². The van der Waals surface area contributed by atoms with E-state index in [9.17, 15) is 13.2 Å². The van der Waals surface area contributed by atoms with Crippen LogP contribution in [0.4, 0.5) is 0 Å². The summed E-state index contributed by atoms with van der Waals surface area (Å²) in [6.45, 7) is 0.714. The molecule has 1 amide bonds. The van der Waals surface area contributed by atoms with Gasteiger partial charge in [-0.2, -0.15) is 4.31 Å². The van der Waals surface area contributed by atoms with Gasteiger partial charge in [-0.3, -0.25) is 4.79 Å². The van der Waals surface area contributed by atoms with Crippen molar-refractivity contribution < 1.29 is 13.2 Å². The third-order valence-corrected chi connectivity index (χ3v) is 9.54. The summed E-state index contributed by atoms with van der Waals surface area (Å²) < 4.78 is 28.4. The predicted molar refractivity (Wildman–Crippen MR) is 114 cm³/mol. The lowest BCUT2D eigenvalue weighted by molar-refractivity contribution is -0.127. The van der Waals surface area contributed by atoms with Crippen LogP contribution >= 0.6 is 27.3 Å². The minimum absolute atomic E-state index is 0.0256. The van der Waals surface area contributed by atoms with Crippen LogP contribution < -0.4 is 5.32 Å². The number of sulfonamides is 1. The first-order valence-electron chi connectivity index (χ1n) is 9.59. The van der Waals surface area contributed by atoms with E-state index in [0.29, 0.717) is 17.2 Å². The number of rotatable bonds is 4. The highest BCUT2D eigenvalue weighted by Crippen LogP contribution is 2.32. The van der Waals surface area contributed by atoms with Gasteiger partial charge in [0.2, 0.25) is 5.91 Å². The molecule has 5 nitrogen and oxygen atoms in total. The maximum atomic E-state index is 13.0. The van der Waals surface area contributed by atoms with Gasteiger partial charge in [0.05, 0.1) is 15.7 Å². The number of aryl methyl sites for hydroxylation is 1. The average molecular weight is 483 g/mol. The van der Waals surface area contributed by atoms with Crippen LogP contribution in [0.15, 0.2) is 44.4 Å². The average Bonchev–Trinajstić information content (AvgIpc) is 3.15. The summed E-state index contributed by atoms with van der Waals surface area (Å²) in [7, 11) is -3.55. The Balaban J connectivity index is 1.46. The highest BCUT2D eigenvalue weighted by molar-refractivity contribution is 9.11. The summed E-state index contributed by atoms with van der Waals surface area (Å²) >= 11 is 4.53. The number of carbonyl (C=O) groups is 1. The zero-order valence-corrected chi connectivity index (χ0v) is 18.7. The van der Waals surface area contributed by atoms with Gasteiger partial charge < -0.3 is 5.32 Å². The lowest BCUT2D eigenvalue weighted by atomic mass is 9.87. The molecule has 1 aromatic heterocycles. The van der Waals surface area contributed by atoms with Crippen molar-refractivity contribution in [3.8, 4) is 0 Å². The fourth-order valence-corrected chi connectivity index (χ4v) is 7.82. The number of fused-ring (bicyclic) bond motifs is 1. The van der Waals surface area contributed by atoms with Crippen molar-refractivity contribution in [3.63, 3.8) is 0 Å². The molecule has 4 rings (SSSR count). The van der Waals surface area contributed by atoms with Crippen molar-refractivity contribution in [3.05, 3.63) is 51.3 Å². The molecule has 2 heterocycles. The van der Waals surface area contributed by atoms with Crippen LogP contribution in [-0.4, -0.2) is 31.7 Å². The fourth-order valence-electron chi connectivity index (χ4n) is 4.13. The van der Waals surface area contributed by atoms with E-state index in [1.165, 1.54) is 26.8 Å². The third-order valence-electron chi connectivity index (χ3n) is 5.58. The van der Waals surface area contributed by atoms with Gasteiger partial charge in [0, 0.05) is 13.1 Å². The lowest BCUT2D eigenvalue weighted by Crippen LogP contribution is -2.46. The topological polar surface area (TPSA) is 66.5 Å². The second-order valence-corrected chi connectivity index (χ2v) is 12.0. The van der Waals surface area contributed by atoms with Crippen molar-refractivity contribution in [2.45, 2.75) is 42.4 Å². The Bertz CT molecular complexity index is 973. The number of piperidine rings is 1. The van der Waals surface area contributed by atoms with Crippen LogP contribution in [0.2, 0.25) is 0 Å². The molecule has 8 heteroatoms. The first kappa shape index (κ1) is 20.1. The fraction of sp³-hybridized carbons (Fsp3) is 0.450. The second-order valence-electron chi connectivity index (χ2n) is 7.41. The van der Waals surface area contributed by atoms with Crippen LogP contribution in [0, 0.1) is 5.92 Å². The van der Waals surface area contributed by atoms with Gasteiger partial charge in [-0.25, -0.2) is 8.42 Å². The number of hydrogen-bond donors (Lipinski definition) is 1. The van der Waals surface area contributed by atoms with Crippen LogP contribution in [0.25, 0.3) is 0 Å². The zero-order valence-electron chi connectivity index (χ0n) is 15.4. The largest absolute Gasteiger partial charge is 0.349 e. The van der Waals surface area contributed by atoms with Crippen molar-refractivity contribution in [2.75, 3.05) is 13.1 Å². The van der Waals surface area contributed by atoms with Gasteiger partial charge >= 0.3 is 0 Å². The predicted octanol–water partition coefficient (Wildman–Crippen LogP) is 4.11. The highest BCUT2D eigenvalue weighted by atomic mass is 79.9. The Morgan fingerprint density at radius 1 is 1.14 bits per heavy atom. The van der Waals surface area contributed by atoms with Crippen LogP contribution in [0.3, 0.4) is 0 Å². The molecule has 0 spiro atoms. The lowest BCUT2D eigenvalue weighted by Gasteiger charge is -2.33. The Morgan fingerprint density at radius 2 is 1.96 bits per heavy atom. The third kappa shape index (κ3) is 4.06. The molecular weight excluding hydrogens is 460 g/mol. The minimum Gasteiger partial charge on any atom is -0.349 e. The molecule has 2 aliphatic rings. The van der Waals surface area contributed by atoms with Crippen molar-refractivity contribution in [1.29, 1.82) is 0 Å². The second kappa shape index (κ2) is 8.26. The molecule has 1 aromatic carbocycles. The van der Waals surface area contributed by atoms with Crippen molar-refractivity contribution in [1.82, 2.24) is 9.62 Å². The van der Waals surface area contributed by atoms with E-state index in [4.69, 9.17) is 0 Å². The molecule has 1 saturated heterocycles. The molecule has 28 heavy (non-hydrogen) atoms. The first-order valence-corrected chi connectivity index (χ1v) is 12.6. The summed E-state index contributed by atoms with van der Waals surface area (Å²) in [6, 6.07) is 11.7. The maximum absolute atomic E-state index is 13.0. The SMILES string of the molecule is O=C(NC1CCCc2ccccc21)C1CCCN(S(=O)(=O)c2ccc(Br)s2)C1. The molecule has 2 unspecified atom stereocenters. The molecule has 1 fully saturated rings. The van der Waals surface area contributed by atoms with Crippen LogP contribution in [0.1, 0.15) is 42.9 Å². The minimum atomic E-state index is -3.55. The van der Waals surface area contributed by atoms with E-state index in [1.807, 2.05) is 12.1 Å². The number of hydrogen-bond acceptors (Lipinski definition) is 4. The van der Waals surface area contributed by atoms with Gasteiger partial charge in [0.25, 0.3) is 10.0 Å². The number of thiophene rings is 1. The van der Waals surface area contributed by atoms with Crippen LogP contribution in [-0.2, 0) is 21.2 Å². The molecule has 1 aliphatic heterocycles. The monoisotopic (exact) mass is 482 g/mol. The molecule has 1 aliphatic carbocycles. The maximum Gasteiger partial charge on any atom is 0.252 e. The summed E-state index contributed by atoms with van der Waals surface area (Å²) in [5, 5.41) is 3.20. The van der Waals surface area contributed by atoms with E-state index in [1.54, 1.807) is 12.1 Å². The Morgan fingerprint density at radius 3 is 2.75 bits per heavy atom. The highest BCUT2D eigenvalue weighted by Gasteiger charge is 2.35. The quantitative estimate of drug-likeness (QED) is 0.712. The number of benzene rings is 1. The van der Waals surface area contributed by atoms with Gasteiger partial charge in [0.1, 0.15) is 4.21 Å².